The van der Waals surface area contributed by atoms with Gasteiger partial charge in [0, 0.05) is 20.9 Å². The van der Waals surface area contributed by atoms with E-state index < -0.39 is 5.41 Å². The number of hydrogen-bond acceptors (Lipinski definition) is 6. The molecule has 270 valence electrons. The fourth-order valence-electron chi connectivity index (χ4n) is 9.05. The Labute approximate surface area is 337 Å². The van der Waals surface area contributed by atoms with Crippen molar-refractivity contribution >= 4 is 34.0 Å². The van der Waals surface area contributed by atoms with Crippen LogP contribution < -0.4 is 0 Å². The van der Waals surface area contributed by atoms with Crippen molar-refractivity contribution in [2.24, 2.45) is 0 Å². The molecular formula is C52H29N3O2S. The molecule has 12 rings (SSSR count). The van der Waals surface area contributed by atoms with Crippen LogP contribution in [0.5, 0.6) is 0 Å². The van der Waals surface area contributed by atoms with E-state index in [1.807, 2.05) is 42.1 Å². The van der Waals surface area contributed by atoms with E-state index in [-0.39, 0.29) is 0 Å². The quantitative estimate of drug-likeness (QED) is 0.178. The molecular weight excluding hydrogens is 731 g/mol. The minimum absolute atomic E-state index is 0.428. The third kappa shape index (κ3) is 4.84. The van der Waals surface area contributed by atoms with Crippen LogP contribution in [0.15, 0.2) is 195 Å². The van der Waals surface area contributed by atoms with Crippen molar-refractivity contribution in [3.05, 3.63) is 204 Å². The predicted octanol–water partition coefficient (Wildman–Crippen LogP) is 13.3. The summed E-state index contributed by atoms with van der Waals surface area (Å²) in [4.78, 5) is 12.2. The lowest BCUT2D eigenvalue weighted by Gasteiger charge is -2.39. The molecule has 8 aromatic carbocycles. The van der Waals surface area contributed by atoms with Crippen LogP contribution in [0.3, 0.4) is 0 Å². The zero-order valence-corrected chi connectivity index (χ0v) is 31.6. The van der Waals surface area contributed by atoms with Gasteiger partial charge in [0.2, 0.25) is 11.8 Å². The Bertz CT molecular complexity index is 3270. The maximum absolute atomic E-state index is 9.48. The van der Waals surface area contributed by atoms with Gasteiger partial charge in [-0.15, -0.1) is 0 Å². The Morgan fingerprint density at radius 1 is 0.431 bits per heavy atom. The van der Waals surface area contributed by atoms with E-state index in [2.05, 4.69) is 133 Å². The number of nitrogens with zero attached hydrogens (tertiary/aromatic N) is 3. The van der Waals surface area contributed by atoms with Crippen molar-refractivity contribution in [2.75, 3.05) is 0 Å². The zero-order valence-electron chi connectivity index (χ0n) is 30.8. The number of benzene rings is 8. The smallest absolute Gasteiger partial charge is 0.227 e. The molecule has 0 unspecified atom stereocenters. The van der Waals surface area contributed by atoms with Crippen molar-refractivity contribution in [2.45, 2.75) is 15.2 Å². The Morgan fingerprint density at radius 3 is 1.69 bits per heavy atom. The van der Waals surface area contributed by atoms with Gasteiger partial charge in [-0.25, -0.2) is 9.97 Å². The summed E-state index contributed by atoms with van der Waals surface area (Å²) in [6.07, 6.45) is 0. The van der Waals surface area contributed by atoms with Crippen LogP contribution in [0.1, 0.15) is 27.8 Å². The molecule has 1 aliphatic heterocycles. The van der Waals surface area contributed by atoms with Crippen molar-refractivity contribution in [3.63, 3.8) is 0 Å². The van der Waals surface area contributed by atoms with Crippen LogP contribution in [-0.2, 0) is 5.41 Å². The fourth-order valence-corrected chi connectivity index (χ4v) is 10.2. The lowest BCUT2D eigenvalue weighted by molar-refractivity contribution is 0.617. The number of fused-ring (bicyclic) bond motifs is 11. The third-order valence-electron chi connectivity index (χ3n) is 11.6. The van der Waals surface area contributed by atoms with Crippen LogP contribution in [0, 0.1) is 11.3 Å². The van der Waals surface area contributed by atoms with E-state index in [0.717, 1.165) is 44.5 Å². The Kier molecular flexibility index (Phi) is 7.07. The van der Waals surface area contributed by atoms with Crippen molar-refractivity contribution in [1.82, 2.24) is 9.97 Å². The molecule has 0 fully saturated rings. The number of hydrogen-bond donors (Lipinski definition) is 0. The van der Waals surface area contributed by atoms with Gasteiger partial charge in [-0.3, -0.25) is 0 Å². The second-order valence-electron chi connectivity index (χ2n) is 14.8. The van der Waals surface area contributed by atoms with E-state index in [1.165, 1.54) is 43.2 Å². The van der Waals surface area contributed by atoms with Crippen LogP contribution in [0.4, 0.5) is 0 Å². The van der Waals surface area contributed by atoms with Gasteiger partial charge in [0.05, 0.1) is 17.0 Å². The van der Waals surface area contributed by atoms with Crippen LogP contribution >= 0.6 is 11.8 Å². The highest BCUT2D eigenvalue weighted by Crippen LogP contribution is 2.62. The molecule has 2 aromatic heterocycles. The van der Waals surface area contributed by atoms with Crippen LogP contribution in [0.2, 0.25) is 0 Å². The molecule has 1 aliphatic carbocycles. The summed E-state index contributed by atoms with van der Waals surface area (Å²) in [6.45, 7) is 0. The maximum Gasteiger partial charge on any atom is 0.227 e. The minimum atomic E-state index is -0.428. The van der Waals surface area contributed by atoms with Crippen molar-refractivity contribution < 1.29 is 8.83 Å². The minimum Gasteiger partial charge on any atom is -0.436 e. The molecule has 0 N–H and O–H groups in total. The molecule has 1 spiro atoms. The predicted molar refractivity (Wildman–Crippen MR) is 229 cm³/mol. The number of nitriles is 1. The fraction of sp³-hybridized carbons (Fsp3) is 0.0192. The van der Waals surface area contributed by atoms with Gasteiger partial charge in [-0.1, -0.05) is 121 Å². The summed E-state index contributed by atoms with van der Waals surface area (Å²) >= 11 is 1.86. The van der Waals surface area contributed by atoms with E-state index in [0.29, 0.717) is 28.4 Å². The monoisotopic (exact) mass is 759 g/mol. The van der Waals surface area contributed by atoms with Gasteiger partial charge < -0.3 is 8.83 Å². The lowest BCUT2D eigenvalue weighted by Crippen LogP contribution is -2.31. The first-order valence-corrected chi connectivity index (χ1v) is 20.0. The SMILES string of the molecule is N#Cc1ccc2oc(-c3cc(-c4ccc(-c5ccc6c(c5)C5(c7ccccc7Sc7ccccc75)c5ccccc5-6)cc4)cc(-c4nc5ccccc5o4)c3)nc2c1. The summed E-state index contributed by atoms with van der Waals surface area (Å²) in [7, 11) is 0. The molecule has 58 heavy (non-hydrogen) atoms. The third-order valence-corrected chi connectivity index (χ3v) is 12.8. The number of para-hydroxylation sites is 2. The highest BCUT2D eigenvalue weighted by atomic mass is 32.2. The van der Waals surface area contributed by atoms with E-state index in [1.54, 1.807) is 18.2 Å². The Hall–Kier alpha value is -7.46. The number of rotatable bonds is 4. The average Bonchev–Trinajstić information content (AvgIpc) is 4.00. The molecule has 6 heteroatoms. The second-order valence-corrected chi connectivity index (χ2v) is 15.9. The molecule has 0 saturated heterocycles. The molecule has 3 heterocycles. The maximum atomic E-state index is 9.48. The summed E-state index contributed by atoms with van der Waals surface area (Å²) < 4.78 is 12.5. The largest absolute Gasteiger partial charge is 0.436 e. The van der Waals surface area contributed by atoms with E-state index in [4.69, 9.17) is 18.8 Å². The first-order chi connectivity index (χ1) is 28.6. The molecule has 0 saturated carbocycles. The van der Waals surface area contributed by atoms with E-state index in [9.17, 15) is 5.26 Å². The molecule has 0 radical (unpaired) electrons. The van der Waals surface area contributed by atoms with Gasteiger partial charge >= 0.3 is 0 Å². The van der Waals surface area contributed by atoms with E-state index >= 15 is 0 Å². The Balaban J connectivity index is 0.988. The first kappa shape index (κ1) is 32.8. The zero-order chi connectivity index (χ0) is 38.4. The first-order valence-electron chi connectivity index (χ1n) is 19.2. The topological polar surface area (TPSA) is 75.8 Å². The van der Waals surface area contributed by atoms with Gasteiger partial charge in [0.25, 0.3) is 0 Å². The van der Waals surface area contributed by atoms with Crippen LogP contribution in [0.25, 0.3) is 78.5 Å². The lowest BCUT2D eigenvalue weighted by atomic mass is 9.67. The van der Waals surface area contributed by atoms with Gasteiger partial charge in [-0.05, 0) is 122 Å². The van der Waals surface area contributed by atoms with Gasteiger partial charge in [0.15, 0.2) is 11.2 Å². The highest BCUT2D eigenvalue weighted by molar-refractivity contribution is 7.99. The number of aromatic nitrogens is 2. The standard InChI is InChI=1S/C52H29N3O2S/c53-30-31-17-24-47-45(25-31)55-51(57-47)37-27-35(26-36(28-37)50-54-44-13-5-6-14-46(44)56-50)33-20-18-32(19-21-33)34-22-23-39-38-9-1-2-10-40(38)52(43(39)29-34)41-11-3-7-15-48(41)58-49-16-8-4-12-42(49)52/h1-29H. The van der Waals surface area contributed by atoms with Crippen molar-refractivity contribution in [1.29, 1.82) is 5.26 Å². The Morgan fingerprint density at radius 2 is 0.983 bits per heavy atom. The summed E-state index contributed by atoms with van der Waals surface area (Å²) in [6, 6.07) is 63.9. The molecule has 0 bridgehead atoms. The number of oxazole rings is 2. The summed E-state index contributed by atoms with van der Waals surface area (Å²) in [5.41, 5.74) is 16.6. The second kappa shape index (κ2) is 12.5. The molecule has 10 aromatic rings. The summed E-state index contributed by atoms with van der Waals surface area (Å²) in [5.74, 6) is 0.972. The van der Waals surface area contributed by atoms with Crippen molar-refractivity contribution in [3.8, 4) is 62.4 Å². The molecule has 0 amide bonds. The summed E-state index contributed by atoms with van der Waals surface area (Å²) in [5, 5.41) is 9.48. The molecule has 5 nitrogen and oxygen atoms in total. The normalized spacial score (nSPS) is 13.2. The molecule has 2 aliphatic rings. The average molecular weight is 760 g/mol. The van der Waals surface area contributed by atoms with Crippen LogP contribution in [-0.4, -0.2) is 9.97 Å². The van der Waals surface area contributed by atoms with Gasteiger partial charge in [-0.2, -0.15) is 5.26 Å². The van der Waals surface area contributed by atoms with Gasteiger partial charge in [0.1, 0.15) is 11.0 Å². The molecule has 0 atom stereocenters. The highest BCUT2D eigenvalue weighted by Gasteiger charge is 2.50.